The van der Waals surface area contributed by atoms with Gasteiger partial charge in [-0.2, -0.15) is 0 Å². The molecule has 0 aliphatic rings. The molecule has 88 valence electrons. The van der Waals surface area contributed by atoms with Gasteiger partial charge < -0.3 is 5.11 Å². The van der Waals surface area contributed by atoms with Crippen LogP contribution >= 0.6 is 0 Å². The summed E-state index contributed by atoms with van der Waals surface area (Å²) in [5.41, 5.74) is 0.562. The van der Waals surface area contributed by atoms with Crippen LogP contribution in [0.15, 0.2) is 12.4 Å². The van der Waals surface area contributed by atoms with Gasteiger partial charge in [0.05, 0.1) is 5.92 Å². The molecule has 0 radical (unpaired) electrons. The number of rotatable bonds is 3. The predicted molar refractivity (Wildman–Crippen MR) is 61.4 cm³/mol. The zero-order valence-corrected chi connectivity index (χ0v) is 10.2. The number of carboxylic acid groups (broad SMARTS) is 1. The van der Waals surface area contributed by atoms with Crippen LogP contribution in [-0.2, 0) is 10.2 Å². The Bertz CT molecular complexity index is 366. The van der Waals surface area contributed by atoms with Gasteiger partial charge >= 0.3 is 5.97 Å². The minimum Gasteiger partial charge on any atom is -0.481 e. The maximum absolute atomic E-state index is 11.0. The van der Waals surface area contributed by atoms with Crippen LogP contribution in [0.1, 0.15) is 51.4 Å². The molecule has 16 heavy (non-hydrogen) atoms. The summed E-state index contributed by atoms with van der Waals surface area (Å²) in [7, 11) is 0. The Labute approximate surface area is 95.7 Å². The first-order valence-corrected chi connectivity index (χ1v) is 5.41. The second-order valence-electron chi connectivity index (χ2n) is 4.89. The second kappa shape index (κ2) is 4.60. The lowest BCUT2D eigenvalue weighted by Gasteiger charge is -2.17. The Morgan fingerprint density at radius 2 is 1.88 bits per heavy atom. The van der Waals surface area contributed by atoms with E-state index >= 15 is 0 Å². The quantitative estimate of drug-likeness (QED) is 0.852. The van der Waals surface area contributed by atoms with E-state index in [2.05, 4.69) is 9.97 Å². The average Bonchev–Trinajstić information content (AvgIpc) is 2.17. The number of carbonyl (C=O) groups is 1. The van der Waals surface area contributed by atoms with Crippen molar-refractivity contribution in [2.24, 2.45) is 0 Å². The molecule has 0 amide bonds. The average molecular weight is 222 g/mol. The summed E-state index contributed by atoms with van der Waals surface area (Å²) in [5, 5.41) is 9.00. The van der Waals surface area contributed by atoms with Crippen LogP contribution in [0.25, 0.3) is 0 Å². The molecule has 0 bridgehead atoms. The van der Waals surface area contributed by atoms with Gasteiger partial charge in [-0.15, -0.1) is 0 Å². The van der Waals surface area contributed by atoms with E-state index < -0.39 is 11.9 Å². The van der Waals surface area contributed by atoms with Gasteiger partial charge in [0.2, 0.25) is 0 Å². The first kappa shape index (κ1) is 12.6. The summed E-state index contributed by atoms with van der Waals surface area (Å²) < 4.78 is 0. The van der Waals surface area contributed by atoms with Gasteiger partial charge in [-0.05, 0) is 6.42 Å². The highest BCUT2D eigenvalue weighted by atomic mass is 16.4. The maximum Gasteiger partial charge on any atom is 0.311 e. The molecule has 1 heterocycles. The third-order valence-electron chi connectivity index (χ3n) is 2.45. The molecule has 0 spiro atoms. The van der Waals surface area contributed by atoms with Gasteiger partial charge in [-0.25, -0.2) is 9.97 Å². The number of hydrogen-bond donors (Lipinski definition) is 1. The van der Waals surface area contributed by atoms with Gasteiger partial charge in [0.25, 0.3) is 0 Å². The lowest BCUT2D eigenvalue weighted by molar-refractivity contribution is -0.138. The molecule has 0 saturated carbocycles. The van der Waals surface area contributed by atoms with Gasteiger partial charge in [0.1, 0.15) is 5.82 Å². The molecule has 1 N–H and O–H groups in total. The molecule has 1 aromatic heterocycles. The Morgan fingerprint density at radius 1 is 1.38 bits per heavy atom. The number of aromatic nitrogens is 2. The lowest BCUT2D eigenvalue weighted by Crippen LogP contribution is -2.17. The summed E-state index contributed by atoms with van der Waals surface area (Å²) in [5.74, 6) is -0.597. The van der Waals surface area contributed by atoms with Crippen molar-refractivity contribution in [1.29, 1.82) is 0 Å². The van der Waals surface area contributed by atoms with Crippen molar-refractivity contribution in [3.63, 3.8) is 0 Å². The first-order valence-electron chi connectivity index (χ1n) is 5.41. The van der Waals surface area contributed by atoms with Crippen LogP contribution < -0.4 is 0 Å². The molecule has 1 atom stereocenters. The highest BCUT2D eigenvalue weighted by Gasteiger charge is 2.21. The molecule has 4 nitrogen and oxygen atoms in total. The van der Waals surface area contributed by atoms with E-state index in [1.54, 1.807) is 12.4 Å². The van der Waals surface area contributed by atoms with Crippen molar-refractivity contribution in [2.45, 2.75) is 45.4 Å². The molecule has 0 saturated heterocycles. The summed E-state index contributed by atoms with van der Waals surface area (Å²) in [4.78, 5) is 19.4. The number of hydrogen-bond acceptors (Lipinski definition) is 3. The van der Waals surface area contributed by atoms with Crippen LogP contribution in [0.2, 0.25) is 0 Å². The molecule has 0 aromatic carbocycles. The highest BCUT2D eigenvalue weighted by Crippen LogP contribution is 2.21. The zero-order chi connectivity index (χ0) is 12.3. The van der Waals surface area contributed by atoms with Crippen molar-refractivity contribution >= 4 is 5.97 Å². The summed E-state index contributed by atoms with van der Waals surface area (Å²) in [6.07, 6.45) is 3.79. The highest BCUT2D eigenvalue weighted by molar-refractivity contribution is 5.75. The SMILES string of the molecule is CC[C@H](C(=O)O)c1cnc(C(C)(C)C)nc1. The van der Waals surface area contributed by atoms with E-state index in [1.165, 1.54) is 0 Å². The van der Waals surface area contributed by atoms with E-state index in [0.29, 0.717) is 12.0 Å². The number of aliphatic carboxylic acids is 1. The van der Waals surface area contributed by atoms with Crippen LogP contribution in [0, 0.1) is 0 Å². The van der Waals surface area contributed by atoms with Crippen LogP contribution in [0.3, 0.4) is 0 Å². The lowest BCUT2D eigenvalue weighted by atomic mass is 9.95. The van der Waals surface area contributed by atoms with Crippen molar-refractivity contribution in [3.8, 4) is 0 Å². The minimum absolute atomic E-state index is 0.108. The Hall–Kier alpha value is -1.45. The third-order valence-corrected chi connectivity index (χ3v) is 2.45. The van der Waals surface area contributed by atoms with Crippen LogP contribution in [0.4, 0.5) is 0 Å². The van der Waals surface area contributed by atoms with Crippen LogP contribution in [-0.4, -0.2) is 21.0 Å². The normalized spacial score (nSPS) is 13.5. The largest absolute Gasteiger partial charge is 0.481 e. The minimum atomic E-state index is -0.824. The van der Waals surface area contributed by atoms with Crippen molar-refractivity contribution in [1.82, 2.24) is 9.97 Å². The summed E-state index contributed by atoms with van der Waals surface area (Å²) >= 11 is 0. The Kier molecular flexibility index (Phi) is 3.62. The fourth-order valence-corrected chi connectivity index (χ4v) is 1.46. The molecular formula is C12H18N2O2. The van der Waals surface area contributed by atoms with E-state index in [4.69, 9.17) is 5.11 Å². The topological polar surface area (TPSA) is 63.1 Å². The summed E-state index contributed by atoms with van der Waals surface area (Å²) in [6, 6.07) is 0. The molecule has 0 fully saturated rings. The van der Waals surface area contributed by atoms with Gasteiger partial charge in [0.15, 0.2) is 0 Å². The smallest absolute Gasteiger partial charge is 0.311 e. The van der Waals surface area contributed by atoms with Gasteiger partial charge in [-0.1, -0.05) is 27.7 Å². The van der Waals surface area contributed by atoms with E-state index in [-0.39, 0.29) is 5.41 Å². The monoisotopic (exact) mass is 222 g/mol. The standard InChI is InChI=1S/C12H18N2O2/c1-5-9(10(15)16)8-6-13-11(14-7-8)12(2,3)4/h6-7,9H,5H2,1-4H3,(H,15,16)/t9-/m0/s1. The van der Waals surface area contributed by atoms with E-state index in [9.17, 15) is 4.79 Å². The summed E-state index contributed by atoms with van der Waals surface area (Å²) in [6.45, 7) is 7.92. The fourth-order valence-electron chi connectivity index (χ4n) is 1.46. The molecule has 1 aromatic rings. The van der Waals surface area contributed by atoms with Gasteiger partial charge in [-0.3, -0.25) is 4.79 Å². The maximum atomic E-state index is 11.0. The molecule has 1 rings (SSSR count). The Morgan fingerprint density at radius 3 is 2.19 bits per heavy atom. The Balaban J connectivity index is 2.98. The molecule has 0 aliphatic carbocycles. The van der Waals surface area contributed by atoms with E-state index in [0.717, 1.165) is 5.82 Å². The van der Waals surface area contributed by atoms with Crippen molar-refractivity contribution < 1.29 is 9.90 Å². The first-order chi connectivity index (χ1) is 7.36. The van der Waals surface area contributed by atoms with Crippen molar-refractivity contribution in [2.75, 3.05) is 0 Å². The van der Waals surface area contributed by atoms with E-state index in [1.807, 2.05) is 27.7 Å². The predicted octanol–water partition coefficient (Wildman–Crippen LogP) is 2.35. The fraction of sp³-hybridized carbons (Fsp3) is 0.583. The zero-order valence-electron chi connectivity index (χ0n) is 10.2. The molecular weight excluding hydrogens is 204 g/mol. The second-order valence-corrected chi connectivity index (χ2v) is 4.89. The van der Waals surface area contributed by atoms with Crippen molar-refractivity contribution in [3.05, 3.63) is 23.8 Å². The van der Waals surface area contributed by atoms with Gasteiger partial charge in [0, 0.05) is 23.4 Å². The number of carboxylic acids is 1. The molecule has 4 heteroatoms. The molecule has 0 aliphatic heterocycles. The van der Waals surface area contributed by atoms with Crippen LogP contribution in [0.5, 0.6) is 0 Å². The molecule has 0 unspecified atom stereocenters. The number of nitrogens with zero attached hydrogens (tertiary/aromatic N) is 2. The third kappa shape index (κ3) is 2.78.